The minimum Gasteiger partial charge on any atom is -0.493 e. The number of allylic oxidation sites excluding steroid dienone is 1. The molecule has 0 unspecified atom stereocenters. The maximum absolute atomic E-state index is 5.86. The van der Waals surface area contributed by atoms with Gasteiger partial charge in [0.25, 0.3) is 0 Å². The number of hydrogen-bond donors (Lipinski definition) is 0. The van der Waals surface area contributed by atoms with E-state index in [9.17, 15) is 0 Å². The number of aryl methyl sites for hydroxylation is 1. The number of ether oxygens (including phenoxy) is 4. The number of rotatable bonds is 6. The van der Waals surface area contributed by atoms with E-state index in [2.05, 4.69) is 54.3 Å². The van der Waals surface area contributed by atoms with Gasteiger partial charge in [0.2, 0.25) is 0 Å². The Morgan fingerprint density at radius 2 is 1.56 bits per heavy atom. The van der Waals surface area contributed by atoms with Crippen molar-refractivity contribution in [3.8, 4) is 23.0 Å². The van der Waals surface area contributed by atoms with Gasteiger partial charge < -0.3 is 23.8 Å². The zero-order valence-electron chi connectivity index (χ0n) is 20.5. The quantitative estimate of drug-likeness (QED) is 0.488. The maximum atomic E-state index is 5.86. The first-order valence-corrected chi connectivity index (χ1v) is 11.6. The molecule has 5 rings (SSSR count). The molecule has 0 saturated carbocycles. The van der Waals surface area contributed by atoms with Crippen molar-refractivity contribution in [1.82, 2.24) is 4.90 Å². The van der Waals surface area contributed by atoms with Crippen LogP contribution in [-0.2, 0) is 19.4 Å². The second kappa shape index (κ2) is 8.98. The number of hydrogen-bond acceptors (Lipinski definition) is 5. The van der Waals surface area contributed by atoms with Crippen molar-refractivity contribution >= 4 is 11.3 Å². The summed E-state index contributed by atoms with van der Waals surface area (Å²) in [6.07, 6.45) is 1.77. The Bertz CT molecular complexity index is 1280. The van der Waals surface area contributed by atoms with Crippen LogP contribution in [0.5, 0.6) is 23.0 Å². The van der Waals surface area contributed by atoms with Crippen molar-refractivity contribution < 1.29 is 18.9 Å². The van der Waals surface area contributed by atoms with Crippen LogP contribution < -0.4 is 18.9 Å². The zero-order valence-corrected chi connectivity index (χ0v) is 20.5. The van der Waals surface area contributed by atoms with Crippen molar-refractivity contribution in [1.29, 1.82) is 0 Å². The molecule has 0 bridgehead atoms. The Kier molecular flexibility index (Phi) is 5.86. The Hall–Kier alpha value is -3.60. The molecule has 2 aliphatic heterocycles. The third kappa shape index (κ3) is 3.65. The molecule has 3 aromatic rings. The maximum Gasteiger partial charge on any atom is 0.166 e. The molecule has 5 heteroatoms. The molecule has 3 aromatic carbocycles. The minimum atomic E-state index is 0.753. The van der Waals surface area contributed by atoms with Gasteiger partial charge in [-0.15, -0.1) is 0 Å². The lowest BCUT2D eigenvalue weighted by molar-refractivity contribution is 0.332. The molecule has 0 spiro atoms. The molecule has 0 N–H and O–H groups in total. The minimum absolute atomic E-state index is 0.753. The second-order valence-electron chi connectivity index (χ2n) is 8.86. The Balaban J connectivity index is 1.78. The normalized spacial score (nSPS) is 14.2. The van der Waals surface area contributed by atoms with E-state index < -0.39 is 0 Å². The first-order chi connectivity index (χ1) is 16.6. The van der Waals surface area contributed by atoms with Crippen LogP contribution in [0.4, 0.5) is 0 Å². The van der Waals surface area contributed by atoms with Crippen LogP contribution >= 0.6 is 0 Å². The van der Waals surface area contributed by atoms with E-state index in [1.807, 2.05) is 6.07 Å². The van der Waals surface area contributed by atoms with Crippen LogP contribution in [0.1, 0.15) is 33.4 Å². The Labute approximate surface area is 201 Å². The highest BCUT2D eigenvalue weighted by Crippen LogP contribution is 2.48. The lowest BCUT2D eigenvalue weighted by Crippen LogP contribution is -2.33. The number of fused-ring (bicyclic) bond motifs is 4. The van der Waals surface area contributed by atoms with Gasteiger partial charge in [-0.25, -0.2) is 0 Å². The van der Waals surface area contributed by atoms with Crippen molar-refractivity contribution in [3.05, 3.63) is 81.9 Å². The van der Waals surface area contributed by atoms with Gasteiger partial charge in [0.05, 0.1) is 28.4 Å². The lowest BCUT2D eigenvalue weighted by atomic mass is 9.82. The number of methoxy groups -OCH3 is 4. The summed E-state index contributed by atoms with van der Waals surface area (Å²) in [5, 5.41) is 0. The van der Waals surface area contributed by atoms with Crippen LogP contribution in [0.3, 0.4) is 0 Å². The third-order valence-electron chi connectivity index (χ3n) is 6.90. The first kappa shape index (κ1) is 22.2. The summed E-state index contributed by atoms with van der Waals surface area (Å²) in [6.45, 7) is 3.84. The molecule has 34 heavy (non-hydrogen) atoms. The van der Waals surface area contributed by atoms with Crippen LogP contribution in [0.25, 0.3) is 11.3 Å². The van der Waals surface area contributed by atoms with Gasteiger partial charge in [-0.05, 0) is 53.8 Å². The molecule has 176 valence electrons. The molecular weight excluding hydrogens is 426 g/mol. The molecule has 0 aromatic heterocycles. The van der Waals surface area contributed by atoms with E-state index in [-0.39, 0.29) is 0 Å². The summed E-state index contributed by atoms with van der Waals surface area (Å²) in [5.41, 5.74) is 10.0. The van der Waals surface area contributed by atoms with E-state index in [0.29, 0.717) is 0 Å². The van der Waals surface area contributed by atoms with Crippen LogP contribution in [0.2, 0.25) is 0 Å². The molecular formula is C29H31NO4. The standard InChI is InChI=1S/C29H31NO4/c1-18-7-6-8-19(13-18)14-23-21-9-10-25(31-2)29(34-5)24(21)17-30-12-11-20-15-26(32-3)27(33-4)16-22(20)28(23)30/h6-10,13,15-16H,11-12,14,17H2,1-5H3. The van der Waals surface area contributed by atoms with Crippen molar-refractivity contribution in [2.24, 2.45) is 0 Å². The number of benzene rings is 3. The molecule has 2 heterocycles. The summed E-state index contributed by atoms with van der Waals surface area (Å²) in [7, 11) is 6.80. The SMILES string of the molecule is COc1cc2c(cc1OC)C1=C(Cc3cccc(C)c3)c3ccc(OC)c(OC)c3CN1CC2. The molecule has 0 fully saturated rings. The predicted molar refractivity (Wildman–Crippen MR) is 135 cm³/mol. The monoisotopic (exact) mass is 457 g/mol. The van der Waals surface area contributed by atoms with E-state index in [1.165, 1.54) is 44.7 Å². The lowest BCUT2D eigenvalue weighted by Gasteiger charge is -2.40. The first-order valence-electron chi connectivity index (χ1n) is 11.6. The van der Waals surface area contributed by atoms with E-state index in [1.54, 1.807) is 28.4 Å². The van der Waals surface area contributed by atoms with Gasteiger partial charge in [-0.2, -0.15) is 0 Å². The van der Waals surface area contributed by atoms with Crippen molar-refractivity contribution in [3.63, 3.8) is 0 Å². The third-order valence-corrected chi connectivity index (χ3v) is 6.90. The summed E-state index contributed by atoms with van der Waals surface area (Å²) in [4.78, 5) is 2.48. The summed E-state index contributed by atoms with van der Waals surface area (Å²) in [5.74, 6) is 3.11. The fourth-order valence-corrected chi connectivity index (χ4v) is 5.35. The molecule has 2 aliphatic rings. The average molecular weight is 458 g/mol. The second-order valence-corrected chi connectivity index (χ2v) is 8.86. The predicted octanol–water partition coefficient (Wildman–Crippen LogP) is 5.51. The van der Waals surface area contributed by atoms with Gasteiger partial charge >= 0.3 is 0 Å². The van der Waals surface area contributed by atoms with Crippen LogP contribution in [0, 0.1) is 6.92 Å². The highest BCUT2D eigenvalue weighted by atomic mass is 16.5. The van der Waals surface area contributed by atoms with E-state index in [4.69, 9.17) is 18.9 Å². The summed E-state index contributed by atoms with van der Waals surface area (Å²) in [6, 6.07) is 17.2. The number of nitrogens with zero attached hydrogens (tertiary/aromatic N) is 1. The van der Waals surface area contributed by atoms with Crippen LogP contribution in [-0.4, -0.2) is 39.9 Å². The largest absolute Gasteiger partial charge is 0.493 e. The Morgan fingerprint density at radius 3 is 2.26 bits per heavy atom. The van der Waals surface area contributed by atoms with Crippen LogP contribution in [0.15, 0.2) is 48.5 Å². The van der Waals surface area contributed by atoms with Gasteiger partial charge in [0.1, 0.15) is 0 Å². The molecule has 0 saturated heterocycles. The fourth-order valence-electron chi connectivity index (χ4n) is 5.35. The molecule has 5 nitrogen and oxygen atoms in total. The topological polar surface area (TPSA) is 40.2 Å². The molecule has 0 atom stereocenters. The highest BCUT2D eigenvalue weighted by molar-refractivity contribution is 5.96. The summed E-state index contributed by atoms with van der Waals surface area (Å²) < 4.78 is 22.8. The zero-order chi connectivity index (χ0) is 23.8. The average Bonchev–Trinajstić information content (AvgIpc) is 2.86. The molecule has 0 aliphatic carbocycles. The van der Waals surface area contributed by atoms with Gasteiger partial charge in [0.15, 0.2) is 23.0 Å². The summed E-state index contributed by atoms with van der Waals surface area (Å²) >= 11 is 0. The fraction of sp³-hybridized carbons (Fsp3) is 0.310. The van der Waals surface area contributed by atoms with E-state index >= 15 is 0 Å². The van der Waals surface area contributed by atoms with E-state index in [0.717, 1.165) is 48.9 Å². The molecule has 0 radical (unpaired) electrons. The van der Waals surface area contributed by atoms with Crippen molar-refractivity contribution in [2.45, 2.75) is 26.3 Å². The van der Waals surface area contributed by atoms with Gasteiger partial charge in [-0.3, -0.25) is 0 Å². The highest BCUT2D eigenvalue weighted by Gasteiger charge is 2.33. The van der Waals surface area contributed by atoms with Gasteiger partial charge in [0, 0.05) is 36.3 Å². The molecule has 0 amide bonds. The van der Waals surface area contributed by atoms with Gasteiger partial charge in [-0.1, -0.05) is 35.9 Å². The van der Waals surface area contributed by atoms with Crippen molar-refractivity contribution in [2.75, 3.05) is 35.0 Å². The Morgan fingerprint density at radius 1 is 0.794 bits per heavy atom. The smallest absolute Gasteiger partial charge is 0.166 e.